The van der Waals surface area contributed by atoms with Gasteiger partial charge in [0.05, 0.1) is 6.10 Å². The van der Waals surface area contributed by atoms with Gasteiger partial charge in [-0.05, 0) is 30.5 Å². The van der Waals surface area contributed by atoms with Crippen LogP contribution >= 0.6 is 0 Å². The zero-order valence-electron chi connectivity index (χ0n) is 11.1. The highest BCUT2D eigenvalue weighted by Gasteiger charge is 2.48. The summed E-state index contributed by atoms with van der Waals surface area (Å²) in [5.41, 5.74) is -1.17. The Morgan fingerprint density at radius 2 is 1.86 bits per heavy atom. The topological polar surface area (TPSA) is 66.8 Å². The predicted molar refractivity (Wildman–Crippen MR) is 66.9 cm³/mol. The number of hydrogen-bond donors (Lipinski definition) is 2. The largest absolute Gasteiger partial charge is 0.573 e. The zero-order valence-corrected chi connectivity index (χ0v) is 11.1. The zero-order chi connectivity index (χ0) is 15.7. The number of alkyl halides is 3. The van der Waals surface area contributed by atoms with Crippen LogP contribution in [0, 0.1) is 0 Å². The molecule has 1 aliphatic rings. The highest BCUT2D eigenvalue weighted by atomic mass is 19.4. The second kappa shape index (κ2) is 5.55. The van der Waals surface area contributed by atoms with Crippen molar-refractivity contribution in [2.24, 2.45) is 0 Å². The summed E-state index contributed by atoms with van der Waals surface area (Å²) in [6.45, 7) is 0. The third kappa shape index (κ3) is 3.12. The Bertz CT molecular complexity index is 512. The van der Waals surface area contributed by atoms with Crippen LogP contribution in [0.2, 0.25) is 0 Å². The van der Waals surface area contributed by atoms with Crippen LogP contribution in [-0.4, -0.2) is 28.6 Å². The van der Waals surface area contributed by atoms with E-state index in [4.69, 9.17) is 0 Å². The van der Waals surface area contributed by atoms with E-state index in [-0.39, 0.29) is 12.0 Å². The van der Waals surface area contributed by atoms with E-state index in [9.17, 15) is 28.2 Å². The Morgan fingerprint density at radius 3 is 2.33 bits per heavy atom. The second-order valence-corrected chi connectivity index (χ2v) is 5.11. The van der Waals surface area contributed by atoms with Crippen LogP contribution in [0.25, 0.3) is 0 Å². The average molecular weight is 304 g/mol. The number of carbonyl (C=O) groups is 1. The molecule has 1 fully saturated rings. The van der Waals surface area contributed by atoms with Crippen molar-refractivity contribution >= 4 is 5.97 Å². The maximum absolute atomic E-state index is 12.1. The van der Waals surface area contributed by atoms with Crippen LogP contribution in [0.15, 0.2) is 24.3 Å². The molecule has 0 bridgehead atoms. The van der Waals surface area contributed by atoms with Crippen LogP contribution in [0.5, 0.6) is 5.75 Å². The van der Waals surface area contributed by atoms with Crippen molar-refractivity contribution in [2.45, 2.75) is 43.6 Å². The van der Waals surface area contributed by atoms with Crippen molar-refractivity contribution in [1.29, 1.82) is 0 Å². The standard InChI is InChI=1S/C14H15F3O4/c15-14(16,17)21-10-6-4-9(5-7-10)13(12(19)20)8-2-1-3-11(13)18/h4-7,11,18H,1-3,8H2,(H,19,20)/t11-,13-/m0/s1. The molecule has 4 nitrogen and oxygen atoms in total. The van der Waals surface area contributed by atoms with E-state index >= 15 is 0 Å². The minimum absolute atomic E-state index is 0.253. The van der Waals surface area contributed by atoms with E-state index < -0.39 is 29.6 Å². The summed E-state index contributed by atoms with van der Waals surface area (Å²) >= 11 is 0. The van der Waals surface area contributed by atoms with Crippen molar-refractivity contribution in [2.75, 3.05) is 0 Å². The molecular weight excluding hydrogens is 289 g/mol. The molecule has 0 aromatic heterocycles. The number of aliphatic hydroxyl groups excluding tert-OH is 1. The SMILES string of the molecule is O=C(O)[C@]1(c2ccc(OC(F)(F)F)cc2)CCCC[C@@H]1O. The maximum atomic E-state index is 12.1. The molecule has 2 atom stereocenters. The van der Waals surface area contributed by atoms with Gasteiger partial charge in [-0.2, -0.15) is 0 Å². The van der Waals surface area contributed by atoms with Gasteiger partial charge in [0, 0.05) is 0 Å². The molecule has 0 spiro atoms. The van der Waals surface area contributed by atoms with E-state index in [0.29, 0.717) is 12.8 Å². The van der Waals surface area contributed by atoms with Crippen LogP contribution in [-0.2, 0) is 10.2 Å². The molecule has 0 heterocycles. The van der Waals surface area contributed by atoms with E-state index in [2.05, 4.69) is 4.74 Å². The Hall–Kier alpha value is -1.76. The van der Waals surface area contributed by atoms with Gasteiger partial charge in [0.2, 0.25) is 0 Å². The van der Waals surface area contributed by atoms with Gasteiger partial charge in [-0.3, -0.25) is 4.79 Å². The average Bonchev–Trinajstić information content (AvgIpc) is 2.38. The number of ether oxygens (including phenoxy) is 1. The minimum atomic E-state index is -4.80. The van der Waals surface area contributed by atoms with Crippen LogP contribution in [0.3, 0.4) is 0 Å². The number of benzene rings is 1. The summed E-state index contributed by atoms with van der Waals surface area (Å²) < 4.78 is 40.1. The molecule has 21 heavy (non-hydrogen) atoms. The summed E-state index contributed by atoms with van der Waals surface area (Å²) in [5.74, 6) is -1.59. The number of halogens is 3. The van der Waals surface area contributed by atoms with Crippen LogP contribution in [0.4, 0.5) is 13.2 Å². The molecule has 0 unspecified atom stereocenters. The molecule has 0 amide bonds. The van der Waals surface area contributed by atoms with Crippen molar-refractivity contribution in [3.05, 3.63) is 29.8 Å². The molecule has 1 aromatic rings. The van der Waals surface area contributed by atoms with Gasteiger partial charge in [0.15, 0.2) is 0 Å². The predicted octanol–water partition coefficient (Wildman–Crippen LogP) is 2.84. The number of carboxylic acids is 1. The van der Waals surface area contributed by atoms with Gasteiger partial charge in [0.25, 0.3) is 0 Å². The minimum Gasteiger partial charge on any atom is -0.481 e. The van der Waals surface area contributed by atoms with Crippen molar-refractivity contribution < 1.29 is 32.9 Å². The quantitative estimate of drug-likeness (QED) is 0.901. The summed E-state index contributed by atoms with van der Waals surface area (Å²) in [5, 5.41) is 19.6. The van der Waals surface area contributed by atoms with Crippen molar-refractivity contribution in [3.63, 3.8) is 0 Å². The van der Waals surface area contributed by atoms with Gasteiger partial charge >= 0.3 is 12.3 Å². The Kier molecular flexibility index (Phi) is 4.13. The summed E-state index contributed by atoms with van der Waals surface area (Å²) in [7, 11) is 0. The number of rotatable bonds is 3. The molecule has 7 heteroatoms. The molecule has 1 aromatic carbocycles. The molecule has 0 aliphatic heterocycles. The normalized spacial score (nSPS) is 26.4. The van der Waals surface area contributed by atoms with Gasteiger partial charge in [-0.1, -0.05) is 25.0 Å². The first-order valence-electron chi connectivity index (χ1n) is 6.53. The lowest BCUT2D eigenvalue weighted by molar-refractivity contribution is -0.274. The summed E-state index contributed by atoms with van der Waals surface area (Å²) in [4.78, 5) is 11.6. The van der Waals surface area contributed by atoms with Gasteiger partial charge < -0.3 is 14.9 Å². The van der Waals surface area contributed by atoms with Crippen LogP contribution in [0.1, 0.15) is 31.2 Å². The fourth-order valence-electron chi connectivity index (χ4n) is 2.82. The molecule has 1 aliphatic carbocycles. The third-order valence-electron chi connectivity index (χ3n) is 3.85. The fraction of sp³-hybridized carbons (Fsp3) is 0.500. The third-order valence-corrected chi connectivity index (χ3v) is 3.85. The summed E-state index contributed by atoms with van der Waals surface area (Å²) in [6.07, 6.45) is -3.87. The van der Waals surface area contributed by atoms with Gasteiger partial charge in [-0.25, -0.2) is 0 Å². The lowest BCUT2D eigenvalue weighted by atomic mass is 9.67. The number of hydrogen-bond acceptors (Lipinski definition) is 3. The first-order chi connectivity index (χ1) is 9.75. The second-order valence-electron chi connectivity index (χ2n) is 5.11. The molecule has 2 N–H and O–H groups in total. The molecule has 2 rings (SSSR count). The Labute approximate surface area is 119 Å². The lowest BCUT2D eigenvalue weighted by Crippen LogP contribution is -2.48. The molecular formula is C14H15F3O4. The first kappa shape index (κ1) is 15.6. The Morgan fingerprint density at radius 1 is 1.24 bits per heavy atom. The van der Waals surface area contributed by atoms with Gasteiger partial charge in [0.1, 0.15) is 11.2 Å². The Balaban J connectivity index is 2.32. The smallest absolute Gasteiger partial charge is 0.481 e. The van der Waals surface area contributed by atoms with E-state index in [0.717, 1.165) is 18.6 Å². The van der Waals surface area contributed by atoms with E-state index in [1.54, 1.807) is 0 Å². The van der Waals surface area contributed by atoms with Crippen LogP contribution < -0.4 is 4.74 Å². The molecule has 1 saturated carbocycles. The van der Waals surface area contributed by atoms with E-state index in [1.807, 2.05) is 0 Å². The highest BCUT2D eigenvalue weighted by molar-refractivity contribution is 5.82. The number of carboxylic acid groups (broad SMARTS) is 1. The van der Waals surface area contributed by atoms with Crippen molar-refractivity contribution in [3.8, 4) is 5.75 Å². The number of aliphatic carboxylic acids is 1. The van der Waals surface area contributed by atoms with Crippen molar-refractivity contribution in [1.82, 2.24) is 0 Å². The summed E-state index contributed by atoms with van der Waals surface area (Å²) in [6, 6.07) is 4.66. The highest BCUT2D eigenvalue weighted by Crippen LogP contribution is 2.40. The lowest BCUT2D eigenvalue weighted by Gasteiger charge is -2.38. The van der Waals surface area contributed by atoms with E-state index in [1.165, 1.54) is 12.1 Å². The molecule has 0 saturated heterocycles. The van der Waals surface area contributed by atoms with Gasteiger partial charge in [-0.15, -0.1) is 13.2 Å². The molecule has 0 radical (unpaired) electrons. The molecule has 116 valence electrons. The maximum Gasteiger partial charge on any atom is 0.573 e. The fourth-order valence-corrected chi connectivity index (χ4v) is 2.82. The monoisotopic (exact) mass is 304 g/mol. The number of aliphatic hydroxyl groups is 1. The first-order valence-corrected chi connectivity index (χ1v) is 6.53.